The molecule has 0 unspecified atom stereocenters. The van der Waals surface area contributed by atoms with Crippen LogP contribution in [-0.2, 0) is 16.4 Å². The molecule has 0 aromatic heterocycles. The second-order valence-corrected chi connectivity index (χ2v) is 8.05. The van der Waals surface area contributed by atoms with Crippen LogP contribution in [0.15, 0.2) is 29.2 Å². The summed E-state index contributed by atoms with van der Waals surface area (Å²) in [5.74, 6) is 1.02. The number of hydrogen-bond donors (Lipinski definition) is 2. The minimum Gasteiger partial charge on any atom is -0.317 e. The van der Waals surface area contributed by atoms with E-state index in [0.29, 0.717) is 23.3 Å². The smallest absolute Gasteiger partial charge is 0.240 e. The van der Waals surface area contributed by atoms with E-state index in [9.17, 15) is 8.42 Å². The molecule has 1 aromatic rings. The maximum atomic E-state index is 12.3. The van der Waals surface area contributed by atoms with Gasteiger partial charge in [0.25, 0.3) is 0 Å². The van der Waals surface area contributed by atoms with Gasteiger partial charge in [-0.3, -0.25) is 0 Å². The van der Waals surface area contributed by atoms with Gasteiger partial charge in [0, 0.05) is 6.54 Å². The molecule has 21 heavy (non-hydrogen) atoms. The fraction of sp³-hybridized carbons (Fsp3) is 0.625. The van der Waals surface area contributed by atoms with Gasteiger partial charge in [0.1, 0.15) is 0 Å². The lowest BCUT2D eigenvalue weighted by molar-refractivity contribution is 0.372. The average Bonchev–Trinajstić information content (AvgIpc) is 2.46. The number of benzene rings is 1. The highest BCUT2D eigenvalue weighted by Gasteiger charge is 2.18. The highest BCUT2D eigenvalue weighted by molar-refractivity contribution is 7.89. The molecule has 0 spiro atoms. The van der Waals surface area contributed by atoms with E-state index in [-0.39, 0.29) is 0 Å². The summed E-state index contributed by atoms with van der Waals surface area (Å²) in [6, 6.07) is 7.25. The maximum Gasteiger partial charge on any atom is 0.240 e. The minimum atomic E-state index is -3.38. The Morgan fingerprint density at radius 2 is 1.81 bits per heavy atom. The molecule has 1 heterocycles. The number of piperidine rings is 1. The topological polar surface area (TPSA) is 58.2 Å². The van der Waals surface area contributed by atoms with Crippen LogP contribution in [0.2, 0.25) is 0 Å². The van der Waals surface area contributed by atoms with E-state index < -0.39 is 10.0 Å². The Kier molecular flexibility index (Phi) is 5.79. The third kappa shape index (κ3) is 5.09. The molecular weight excluding hydrogens is 284 g/mol. The van der Waals surface area contributed by atoms with Crippen LogP contribution in [0.25, 0.3) is 0 Å². The molecule has 0 radical (unpaired) electrons. The molecule has 0 aliphatic carbocycles. The van der Waals surface area contributed by atoms with E-state index in [1.54, 1.807) is 12.1 Å². The minimum absolute atomic E-state index is 0.365. The molecule has 0 saturated carbocycles. The third-order valence-corrected chi connectivity index (χ3v) is 5.34. The fourth-order valence-electron chi connectivity index (χ4n) is 2.67. The number of sulfonamides is 1. The van der Waals surface area contributed by atoms with E-state index in [1.165, 1.54) is 5.56 Å². The van der Waals surface area contributed by atoms with Crippen molar-refractivity contribution in [1.82, 2.24) is 10.0 Å². The summed E-state index contributed by atoms with van der Waals surface area (Å²) < 4.78 is 27.3. The number of nitrogens with one attached hydrogen (secondary N) is 2. The van der Waals surface area contributed by atoms with Gasteiger partial charge in [-0.15, -0.1) is 0 Å². The zero-order valence-corrected chi connectivity index (χ0v) is 13.7. The van der Waals surface area contributed by atoms with E-state index in [0.717, 1.165) is 32.4 Å². The molecule has 1 aromatic carbocycles. The van der Waals surface area contributed by atoms with E-state index >= 15 is 0 Å². The lowest BCUT2D eigenvalue weighted by Gasteiger charge is -2.22. The SMILES string of the molecule is CC(C)Cc1ccc(S(=O)(=O)NCC2CCNCC2)cc1. The normalized spacial score (nSPS) is 17.3. The summed E-state index contributed by atoms with van der Waals surface area (Å²) in [5.41, 5.74) is 1.18. The third-order valence-electron chi connectivity index (χ3n) is 3.90. The van der Waals surface area contributed by atoms with Gasteiger partial charge in [-0.25, -0.2) is 13.1 Å². The van der Waals surface area contributed by atoms with Crippen molar-refractivity contribution in [2.24, 2.45) is 11.8 Å². The van der Waals surface area contributed by atoms with Crippen LogP contribution in [0.5, 0.6) is 0 Å². The lowest BCUT2D eigenvalue weighted by atomic mass is 9.99. The predicted molar refractivity (Wildman–Crippen MR) is 85.8 cm³/mol. The molecule has 1 aliphatic heterocycles. The molecule has 4 nitrogen and oxygen atoms in total. The first-order valence-electron chi connectivity index (χ1n) is 7.76. The Hall–Kier alpha value is -0.910. The predicted octanol–water partition coefficient (Wildman–Crippen LogP) is 2.16. The zero-order chi connectivity index (χ0) is 15.3. The van der Waals surface area contributed by atoms with Crippen molar-refractivity contribution in [3.8, 4) is 0 Å². The van der Waals surface area contributed by atoms with Crippen molar-refractivity contribution < 1.29 is 8.42 Å². The van der Waals surface area contributed by atoms with Gasteiger partial charge in [-0.1, -0.05) is 26.0 Å². The summed E-state index contributed by atoms with van der Waals surface area (Å²) in [6.45, 7) is 6.82. The van der Waals surface area contributed by atoms with Crippen LogP contribution in [0, 0.1) is 11.8 Å². The Bertz CT molecular complexity index is 532. The van der Waals surface area contributed by atoms with Gasteiger partial charge < -0.3 is 5.32 Å². The molecule has 2 N–H and O–H groups in total. The molecule has 1 saturated heterocycles. The van der Waals surface area contributed by atoms with Crippen LogP contribution in [-0.4, -0.2) is 28.1 Å². The van der Waals surface area contributed by atoms with Gasteiger partial charge >= 0.3 is 0 Å². The molecule has 0 atom stereocenters. The van der Waals surface area contributed by atoms with Crippen molar-refractivity contribution in [2.75, 3.05) is 19.6 Å². The van der Waals surface area contributed by atoms with E-state index in [1.807, 2.05) is 12.1 Å². The van der Waals surface area contributed by atoms with Crippen molar-refractivity contribution in [3.63, 3.8) is 0 Å². The maximum absolute atomic E-state index is 12.3. The standard InChI is InChI=1S/C16H26N2O2S/c1-13(2)11-14-3-5-16(6-4-14)21(19,20)18-12-15-7-9-17-10-8-15/h3-6,13,15,17-18H,7-12H2,1-2H3. The summed E-state index contributed by atoms with van der Waals surface area (Å²) in [7, 11) is -3.38. The number of rotatable bonds is 6. The van der Waals surface area contributed by atoms with Crippen LogP contribution >= 0.6 is 0 Å². The Morgan fingerprint density at radius 1 is 1.19 bits per heavy atom. The van der Waals surface area contributed by atoms with Gasteiger partial charge in [0.05, 0.1) is 4.90 Å². The molecule has 2 rings (SSSR count). The first-order chi connectivity index (χ1) is 9.97. The number of hydrogen-bond acceptors (Lipinski definition) is 3. The second kappa shape index (κ2) is 7.38. The molecule has 0 bridgehead atoms. The quantitative estimate of drug-likeness (QED) is 0.846. The Morgan fingerprint density at radius 3 is 2.38 bits per heavy atom. The van der Waals surface area contributed by atoms with Crippen LogP contribution in [0.3, 0.4) is 0 Å². The van der Waals surface area contributed by atoms with Crippen molar-refractivity contribution in [1.29, 1.82) is 0 Å². The van der Waals surface area contributed by atoms with Crippen LogP contribution < -0.4 is 10.0 Å². The van der Waals surface area contributed by atoms with E-state index in [2.05, 4.69) is 23.9 Å². The van der Waals surface area contributed by atoms with Crippen molar-refractivity contribution in [3.05, 3.63) is 29.8 Å². The van der Waals surface area contributed by atoms with Gasteiger partial charge in [-0.2, -0.15) is 0 Å². The first kappa shape index (κ1) is 16.5. The fourth-order valence-corrected chi connectivity index (χ4v) is 3.79. The van der Waals surface area contributed by atoms with Gasteiger partial charge in [0.15, 0.2) is 0 Å². The Balaban J connectivity index is 1.95. The summed E-state index contributed by atoms with van der Waals surface area (Å²) >= 11 is 0. The van der Waals surface area contributed by atoms with Crippen molar-refractivity contribution >= 4 is 10.0 Å². The van der Waals surface area contributed by atoms with Crippen LogP contribution in [0.1, 0.15) is 32.3 Å². The Labute approximate surface area is 128 Å². The molecular formula is C16H26N2O2S. The highest BCUT2D eigenvalue weighted by atomic mass is 32.2. The largest absolute Gasteiger partial charge is 0.317 e. The lowest BCUT2D eigenvalue weighted by Crippen LogP contribution is -2.35. The second-order valence-electron chi connectivity index (χ2n) is 6.29. The summed E-state index contributed by atoms with van der Waals surface area (Å²) in [5, 5.41) is 3.29. The molecule has 0 amide bonds. The molecule has 1 aliphatic rings. The summed E-state index contributed by atoms with van der Waals surface area (Å²) in [6.07, 6.45) is 3.05. The van der Waals surface area contributed by atoms with Gasteiger partial charge in [0.2, 0.25) is 10.0 Å². The van der Waals surface area contributed by atoms with Crippen molar-refractivity contribution in [2.45, 2.75) is 38.0 Å². The molecule has 1 fully saturated rings. The zero-order valence-electron chi connectivity index (χ0n) is 12.9. The van der Waals surface area contributed by atoms with Gasteiger partial charge in [-0.05, 0) is 61.9 Å². The summed E-state index contributed by atoms with van der Waals surface area (Å²) in [4.78, 5) is 0.365. The molecule has 118 valence electrons. The average molecular weight is 310 g/mol. The van der Waals surface area contributed by atoms with E-state index in [4.69, 9.17) is 0 Å². The monoisotopic (exact) mass is 310 g/mol. The highest BCUT2D eigenvalue weighted by Crippen LogP contribution is 2.15. The first-order valence-corrected chi connectivity index (χ1v) is 9.25. The molecule has 5 heteroatoms. The van der Waals surface area contributed by atoms with Crippen LogP contribution in [0.4, 0.5) is 0 Å².